The van der Waals surface area contributed by atoms with Gasteiger partial charge in [-0.3, -0.25) is 9.69 Å². The lowest BCUT2D eigenvalue weighted by Gasteiger charge is -2.34. The zero-order valence-electron chi connectivity index (χ0n) is 18.9. The van der Waals surface area contributed by atoms with E-state index in [1.54, 1.807) is 11.3 Å². The molecule has 2 fully saturated rings. The summed E-state index contributed by atoms with van der Waals surface area (Å²) in [5.41, 5.74) is 1.65. The second-order valence-electron chi connectivity index (χ2n) is 8.80. The van der Waals surface area contributed by atoms with Crippen LogP contribution in [0.2, 0.25) is 0 Å². The number of benzene rings is 1. The first-order chi connectivity index (χ1) is 16.7. The summed E-state index contributed by atoms with van der Waals surface area (Å²) in [6, 6.07) is 14.0. The Morgan fingerprint density at radius 3 is 2.59 bits per heavy atom. The number of carbonyl (C=O) groups is 1. The number of nitrogens with zero attached hydrogens (tertiary/aromatic N) is 6. The van der Waals surface area contributed by atoms with Crippen molar-refractivity contribution in [3.63, 3.8) is 0 Å². The molecule has 0 unspecified atom stereocenters. The number of aromatic nitrogens is 3. The highest BCUT2D eigenvalue weighted by Crippen LogP contribution is 2.28. The predicted octanol–water partition coefficient (Wildman–Crippen LogP) is 3.90. The average molecular weight is 475 g/mol. The molecule has 0 bridgehead atoms. The smallest absolute Gasteiger partial charge is 0.257 e. The van der Waals surface area contributed by atoms with E-state index in [1.165, 1.54) is 0 Å². The SMILES string of the molecule is O=C(c1cc2ccccc2nc1N1CCCC1)N1CCN(Cc2nc(-c3cccs3)no2)CC1. The molecule has 4 aromatic rings. The van der Waals surface area contributed by atoms with E-state index in [-0.39, 0.29) is 5.91 Å². The van der Waals surface area contributed by atoms with Crippen LogP contribution in [0.1, 0.15) is 29.1 Å². The van der Waals surface area contributed by atoms with Gasteiger partial charge in [-0.2, -0.15) is 4.98 Å². The summed E-state index contributed by atoms with van der Waals surface area (Å²) in [5.74, 6) is 2.14. The molecule has 0 saturated carbocycles. The highest BCUT2D eigenvalue weighted by atomic mass is 32.1. The Balaban J connectivity index is 1.15. The summed E-state index contributed by atoms with van der Waals surface area (Å²) in [6.45, 7) is 5.37. The number of fused-ring (bicyclic) bond motifs is 1. The zero-order chi connectivity index (χ0) is 22.9. The normalized spacial score (nSPS) is 17.1. The molecule has 2 saturated heterocycles. The van der Waals surface area contributed by atoms with Crippen molar-refractivity contribution in [2.75, 3.05) is 44.2 Å². The highest BCUT2D eigenvalue weighted by Gasteiger charge is 2.28. The Labute approximate surface area is 201 Å². The molecule has 9 heteroatoms. The van der Waals surface area contributed by atoms with E-state index in [0.717, 1.165) is 60.6 Å². The van der Waals surface area contributed by atoms with Gasteiger partial charge in [-0.15, -0.1) is 11.3 Å². The summed E-state index contributed by atoms with van der Waals surface area (Å²) in [5, 5.41) is 7.11. The Bertz CT molecular complexity index is 1290. The van der Waals surface area contributed by atoms with Crippen LogP contribution in [0.3, 0.4) is 0 Å². The molecule has 34 heavy (non-hydrogen) atoms. The minimum atomic E-state index is 0.0672. The molecule has 0 N–H and O–H groups in total. The number of amides is 1. The van der Waals surface area contributed by atoms with Crippen molar-refractivity contribution >= 4 is 34.0 Å². The first-order valence-electron chi connectivity index (χ1n) is 11.8. The number of pyridine rings is 1. The largest absolute Gasteiger partial charge is 0.356 e. The first-order valence-corrected chi connectivity index (χ1v) is 12.7. The maximum atomic E-state index is 13.6. The highest BCUT2D eigenvalue weighted by molar-refractivity contribution is 7.13. The fraction of sp³-hybridized carbons (Fsp3) is 0.360. The van der Waals surface area contributed by atoms with Crippen molar-refractivity contribution in [2.24, 2.45) is 0 Å². The molecule has 0 aliphatic carbocycles. The Hall–Kier alpha value is -3.30. The summed E-state index contributed by atoms with van der Waals surface area (Å²) >= 11 is 1.60. The van der Waals surface area contributed by atoms with Crippen molar-refractivity contribution in [1.29, 1.82) is 0 Å². The van der Waals surface area contributed by atoms with E-state index in [4.69, 9.17) is 9.51 Å². The van der Waals surface area contributed by atoms with Crippen LogP contribution < -0.4 is 4.90 Å². The molecule has 8 nitrogen and oxygen atoms in total. The molecular formula is C25H26N6O2S. The Morgan fingerprint density at radius 2 is 1.79 bits per heavy atom. The van der Waals surface area contributed by atoms with Crippen LogP contribution in [-0.4, -0.2) is 70.1 Å². The third-order valence-electron chi connectivity index (χ3n) is 6.57. The van der Waals surface area contributed by atoms with E-state index in [0.29, 0.717) is 36.9 Å². The molecule has 0 atom stereocenters. The van der Waals surface area contributed by atoms with E-state index in [1.807, 2.05) is 52.7 Å². The topological polar surface area (TPSA) is 78.6 Å². The van der Waals surface area contributed by atoms with Crippen molar-refractivity contribution < 1.29 is 9.32 Å². The summed E-state index contributed by atoms with van der Waals surface area (Å²) < 4.78 is 5.46. The van der Waals surface area contributed by atoms with Gasteiger partial charge < -0.3 is 14.3 Å². The van der Waals surface area contributed by atoms with Crippen LogP contribution >= 0.6 is 11.3 Å². The van der Waals surface area contributed by atoms with E-state index >= 15 is 0 Å². The number of para-hydroxylation sites is 1. The quantitative estimate of drug-likeness (QED) is 0.434. The van der Waals surface area contributed by atoms with Gasteiger partial charge in [0.1, 0.15) is 5.82 Å². The van der Waals surface area contributed by atoms with Gasteiger partial charge in [0.25, 0.3) is 5.91 Å². The first kappa shape index (κ1) is 21.2. The molecule has 1 aromatic carbocycles. The van der Waals surface area contributed by atoms with Gasteiger partial charge in [-0.05, 0) is 36.4 Å². The molecule has 6 rings (SSSR count). The molecular weight excluding hydrogens is 448 g/mol. The van der Waals surface area contributed by atoms with Crippen LogP contribution in [0.25, 0.3) is 21.6 Å². The third kappa shape index (κ3) is 4.17. The minimum Gasteiger partial charge on any atom is -0.356 e. The van der Waals surface area contributed by atoms with Crippen molar-refractivity contribution in [1.82, 2.24) is 24.9 Å². The third-order valence-corrected chi connectivity index (χ3v) is 7.43. The molecule has 0 spiro atoms. The van der Waals surface area contributed by atoms with Gasteiger partial charge >= 0.3 is 0 Å². The van der Waals surface area contributed by atoms with Crippen molar-refractivity contribution in [3.8, 4) is 10.7 Å². The lowest BCUT2D eigenvalue weighted by molar-refractivity contribution is 0.0615. The summed E-state index contributed by atoms with van der Waals surface area (Å²) in [6.07, 6.45) is 2.29. The fourth-order valence-electron chi connectivity index (χ4n) is 4.73. The maximum absolute atomic E-state index is 13.6. The zero-order valence-corrected chi connectivity index (χ0v) is 19.7. The van der Waals surface area contributed by atoms with Crippen LogP contribution in [0.5, 0.6) is 0 Å². The van der Waals surface area contributed by atoms with Gasteiger partial charge in [0, 0.05) is 44.7 Å². The standard InChI is InChI=1S/C25H26N6O2S/c32-25(19-16-18-6-1-2-7-20(18)26-24(19)30-9-3-4-10-30)31-13-11-29(12-14-31)17-22-27-23(28-33-22)21-8-5-15-34-21/h1-2,5-8,15-16H,3-4,9-14,17H2. The second kappa shape index (κ2) is 9.15. The van der Waals surface area contributed by atoms with Gasteiger partial charge in [0.2, 0.25) is 11.7 Å². The van der Waals surface area contributed by atoms with Crippen LogP contribution in [-0.2, 0) is 6.54 Å². The number of piperazine rings is 1. The number of hydrogen-bond acceptors (Lipinski definition) is 8. The summed E-state index contributed by atoms with van der Waals surface area (Å²) in [4.78, 5) is 30.5. The molecule has 0 radical (unpaired) electrons. The van der Waals surface area contributed by atoms with E-state index < -0.39 is 0 Å². The van der Waals surface area contributed by atoms with E-state index in [9.17, 15) is 4.79 Å². The van der Waals surface area contributed by atoms with Crippen LogP contribution in [0.4, 0.5) is 5.82 Å². The van der Waals surface area contributed by atoms with Gasteiger partial charge in [0.05, 0.1) is 22.5 Å². The minimum absolute atomic E-state index is 0.0672. The number of anilines is 1. The monoisotopic (exact) mass is 474 g/mol. The predicted molar refractivity (Wildman–Crippen MR) is 132 cm³/mol. The Morgan fingerprint density at radius 1 is 0.971 bits per heavy atom. The molecule has 5 heterocycles. The number of hydrogen-bond donors (Lipinski definition) is 0. The lowest BCUT2D eigenvalue weighted by atomic mass is 10.1. The van der Waals surface area contributed by atoms with Gasteiger partial charge in [-0.25, -0.2) is 4.98 Å². The second-order valence-corrected chi connectivity index (χ2v) is 9.75. The molecule has 1 amide bonds. The maximum Gasteiger partial charge on any atom is 0.257 e. The number of rotatable bonds is 5. The van der Waals surface area contributed by atoms with Crippen molar-refractivity contribution in [3.05, 3.63) is 59.3 Å². The van der Waals surface area contributed by atoms with E-state index in [2.05, 4.69) is 19.9 Å². The lowest BCUT2D eigenvalue weighted by Crippen LogP contribution is -2.48. The van der Waals surface area contributed by atoms with Crippen molar-refractivity contribution in [2.45, 2.75) is 19.4 Å². The molecule has 174 valence electrons. The molecule has 3 aromatic heterocycles. The number of thiophene rings is 1. The molecule has 2 aliphatic heterocycles. The fourth-order valence-corrected chi connectivity index (χ4v) is 5.38. The summed E-state index contributed by atoms with van der Waals surface area (Å²) in [7, 11) is 0. The van der Waals surface area contributed by atoms with Gasteiger partial charge in [-0.1, -0.05) is 29.4 Å². The number of carbonyl (C=O) groups excluding carboxylic acids is 1. The van der Waals surface area contributed by atoms with Crippen LogP contribution in [0.15, 0.2) is 52.4 Å². The molecule has 2 aliphatic rings. The average Bonchev–Trinajstić information content (AvgIpc) is 3.66. The Kier molecular flexibility index (Phi) is 5.72. The van der Waals surface area contributed by atoms with Gasteiger partial charge in [0.15, 0.2) is 0 Å². The van der Waals surface area contributed by atoms with Crippen LogP contribution in [0, 0.1) is 0 Å².